The van der Waals surface area contributed by atoms with Crippen LogP contribution in [0.15, 0.2) is 12.1 Å². The minimum atomic E-state index is -0.331. The van der Waals surface area contributed by atoms with Crippen LogP contribution in [0, 0.1) is 19.8 Å². The predicted octanol–water partition coefficient (Wildman–Crippen LogP) is 8.86. The van der Waals surface area contributed by atoms with E-state index in [1.54, 1.807) is 0 Å². The van der Waals surface area contributed by atoms with Crippen LogP contribution >= 0.6 is 0 Å². The lowest BCUT2D eigenvalue weighted by Crippen LogP contribution is -2.34. The number of rotatable bonds is 19. The van der Waals surface area contributed by atoms with E-state index in [0.717, 1.165) is 49.9 Å². The van der Waals surface area contributed by atoms with Crippen LogP contribution in [0.5, 0.6) is 0 Å². The molecule has 0 saturated carbocycles. The van der Waals surface area contributed by atoms with Crippen LogP contribution < -0.4 is 0 Å². The fourth-order valence-electron chi connectivity index (χ4n) is 5.58. The summed E-state index contributed by atoms with van der Waals surface area (Å²) in [4.78, 5) is 28.7. The first-order valence-corrected chi connectivity index (χ1v) is 15.5. The Bertz CT molecular complexity index is 795. The number of likely N-dealkylation sites (tertiary alicyclic amines) is 1. The number of unbranched alkanes of at least 4 members (excludes halogenated alkanes) is 14. The molecule has 1 saturated heterocycles. The lowest BCUT2D eigenvalue weighted by Gasteiger charge is -2.29. The van der Waals surface area contributed by atoms with Gasteiger partial charge in [0, 0.05) is 11.5 Å². The number of Topliss-reactive ketones (excluding diaryl/α,β-unsaturated/α-hetero) is 1. The Morgan fingerprint density at radius 3 is 1.65 bits per heavy atom. The van der Waals surface area contributed by atoms with Crippen molar-refractivity contribution in [3.8, 4) is 0 Å². The molecule has 0 aliphatic carbocycles. The van der Waals surface area contributed by atoms with Crippen molar-refractivity contribution >= 4 is 11.8 Å². The van der Waals surface area contributed by atoms with Crippen molar-refractivity contribution in [3.63, 3.8) is 0 Å². The second-order valence-electron chi connectivity index (χ2n) is 11.5. The van der Waals surface area contributed by atoms with Gasteiger partial charge in [-0.3, -0.25) is 4.79 Å². The normalized spacial score (nSPS) is 14.7. The van der Waals surface area contributed by atoms with E-state index in [0.29, 0.717) is 17.7 Å². The molecule has 1 aliphatic rings. The van der Waals surface area contributed by atoms with Gasteiger partial charge >= 0.3 is 5.97 Å². The topological polar surface area (TPSA) is 46.6 Å². The lowest BCUT2D eigenvalue weighted by atomic mass is 9.84. The smallest absolute Gasteiger partial charge is 0.339 e. The average molecular weight is 514 g/mol. The zero-order valence-corrected chi connectivity index (χ0v) is 24.5. The third-order valence-corrected chi connectivity index (χ3v) is 8.14. The first kappa shape index (κ1) is 31.5. The van der Waals surface area contributed by atoms with Crippen LogP contribution in [0.4, 0.5) is 0 Å². The van der Waals surface area contributed by atoms with E-state index in [1.165, 1.54) is 83.5 Å². The van der Waals surface area contributed by atoms with Crippen molar-refractivity contribution < 1.29 is 14.3 Å². The standard InChI is InChI=1S/C33H55NO3/c1-5-6-7-8-9-10-11-12-13-14-15-16-17-18-19-26-37-33(36)31-28(3)21-20-27(2)30(31)32(35)29-22-24-34(4)25-23-29/h20-21,29H,5-19,22-26H2,1-4H3. The predicted molar refractivity (Wildman–Crippen MR) is 156 cm³/mol. The van der Waals surface area contributed by atoms with E-state index in [-0.39, 0.29) is 17.7 Å². The first-order valence-electron chi connectivity index (χ1n) is 15.5. The minimum absolute atomic E-state index is 0.00111. The van der Waals surface area contributed by atoms with Crippen LogP contribution in [-0.2, 0) is 4.74 Å². The van der Waals surface area contributed by atoms with E-state index in [4.69, 9.17) is 4.74 Å². The summed E-state index contributed by atoms with van der Waals surface area (Å²) in [7, 11) is 2.10. The number of ketones is 1. The van der Waals surface area contributed by atoms with E-state index < -0.39 is 0 Å². The summed E-state index contributed by atoms with van der Waals surface area (Å²) in [6.07, 6.45) is 21.4. The van der Waals surface area contributed by atoms with Crippen molar-refractivity contribution in [2.75, 3.05) is 26.7 Å². The van der Waals surface area contributed by atoms with Crippen LogP contribution in [0.3, 0.4) is 0 Å². The molecule has 0 spiro atoms. The molecule has 4 heteroatoms. The number of benzene rings is 1. The van der Waals surface area contributed by atoms with Gasteiger partial charge in [0.15, 0.2) is 5.78 Å². The van der Waals surface area contributed by atoms with Gasteiger partial charge in [-0.25, -0.2) is 4.79 Å². The van der Waals surface area contributed by atoms with E-state index >= 15 is 0 Å². The summed E-state index contributed by atoms with van der Waals surface area (Å²) in [5.41, 5.74) is 2.80. The molecule has 1 fully saturated rings. The molecule has 0 amide bonds. The number of carbonyl (C=O) groups excluding carboxylic acids is 2. The maximum atomic E-state index is 13.4. The third-order valence-electron chi connectivity index (χ3n) is 8.14. The fourth-order valence-corrected chi connectivity index (χ4v) is 5.58. The van der Waals surface area contributed by atoms with Gasteiger partial charge in [-0.1, -0.05) is 109 Å². The van der Waals surface area contributed by atoms with Crippen molar-refractivity contribution in [1.82, 2.24) is 4.90 Å². The van der Waals surface area contributed by atoms with Crippen LogP contribution in [0.1, 0.15) is 148 Å². The average Bonchev–Trinajstić information content (AvgIpc) is 2.89. The molecule has 1 aromatic carbocycles. The first-order chi connectivity index (χ1) is 18.0. The number of aryl methyl sites for hydroxylation is 2. The van der Waals surface area contributed by atoms with Gasteiger partial charge in [-0.2, -0.15) is 0 Å². The molecule has 0 bridgehead atoms. The quantitative estimate of drug-likeness (QED) is 0.105. The lowest BCUT2D eigenvalue weighted by molar-refractivity contribution is 0.0492. The zero-order chi connectivity index (χ0) is 26.9. The monoisotopic (exact) mass is 513 g/mol. The number of nitrogens with zero attached hydrogens (tertiary/aromatic N) is 1. The van der Waals surface area contributed by atoms with Gasteiger partial charge in [-0.05, 0) is 64.4 Å². The molecule has 0 aromatic heterocycles. The third kappa shape index (κ3) is 11.7. The number of esters is 1. The van der Waals surface area contributed by atoms with E-state index in [1.807, 2.05) is 26.0 Å². The van der Waals surface area contributed by atoms with Gasteiger partial charge in [0.2, 0.25) is 0 Å². The van der Waals surface area contributed by atoms with Crippen molar-refractivity contribution in [2.24, 2.45) is 5.92 Å². The number of hydrogen-bond donors (Lipinski definition) is 0. The Morgan fingerprint density at radius 2 is 1.16 bits per heavy atom. The van der Waals surface area contributed by atoms with Crippen molar-refractivity contribution in [1.29, 1.82) is 0 Å². The van der Waals surface area contributed by atoms with Crippen molar-refractivity contribution in [3.05, 3.63) is 34.4 Å². The zero-order valence-electron chi connectivity index (χ0n) is 24.5. The highest BCUT2D eigenvalue weighted by molar-refractivity contribution is 6.09. The summed E-state index contributed by atoms with van der Waals surface area (Å²) >= 11 is 0. The summed E-state index contributed by atoms with van der Waals surface area (Å²) < 4.78 is 5.67. The van der Waals surface area contributed by atoms with Crippen molar-refractivity contribution in [2.45, 2.75) is 130 Å². The Hall–Kier alpha value is -1.68. The summed E-state index contributed by atoms with van der Waals surface area (Å²) in [5, 5.41) is 0. The Morgan fingerprint density at radius 1 is 0.730 bits per heavy atom. The van der Waals surface area contributed by atoms with Crippen LogP contribution in [0.2, 0.25) is 0 Å². The molecule has 2 rings (SSSR count). The van der Waals surface area contributed by atoms with Crippen LogP contribution in [0.25, 0.3) is 0 Å². The molecule has 210 valence electrons. The summed E-state index contributed by atoms with van der Waals surface area (Å²) in [6, 6.07) is 3.90. The highest BCUT2D eigenvalue weighted by atomic mass is 16.5. The fraction of sp³-hybridized carbons (Fsp3) is 0.758. The maximum absolute atomic E-state index is 13.4. The molecule has 1 heterocycles. The largest absolute Gasteiger partial charge is 0.462 e. The van der Waals surface area contributed by atoms with Gasteiger partial charge < -0.3 is 9.64 Å². The van der Waals surface area contributed by atoms with E-state index in [9.17, 15) is 9.59 Å². The molecule has 37 heavy (non-hydrogen) atoms. The molecular formula is C33H55NO3. The second-order valence-corrected chi connectivity index (χ2v) is 11.5. The molecule has 0 radical (unpaired) electrons. The maximum Gasteiger partial charge on any atom is 0.339 e. The highest BCUT2D eigenvalue weighted by Crippen LogP contribution is 2.27. The molecule has 1 aromatic rings. The Balaban J connectivity index is 1.61. The molecule has 0 unspecified atom stereocenters. The number of ether oxygens (including phenoxy) is 1. The summed E-state index contributed by atoms with van der Waals surface area (Å²) in [6.45, 7) is 8.42. The molecular weight excluding hydrogens is 458 g/mol. The molecule has 0 atom stereocenters. The van der Waals surface area contributed by atoms with Gasteiger partial charge in [0.1, 0.15) is 0 Å². The minimum Gasteiger partial charge on any atom is -0.462 e. The summed E-state index contributed by atoms with van der Waals surface area (Å²) in [5.74, 6) is -0.213. The Labute approximate surface area is 227 Å². The highest BCUT2D eigenvalue weighted by Gasteiger charge is 2.30. The Kier molecular flexibility index (Phi) is 15.8. The molecule has 0 N–H and O–H groups in total. The van der Waals surface area contributed by atoms with Gasteiger partial charge in [0.25, 0.3) is 0 Å². The number of piperidine rings is 1. The number of carbonyl (C=O) groups is 2. The number of hydrogen-bond acceptors (Lipinski definition) is 4. The van der Waals surface area contributed by atoms with Crippen LogP contribution in [-0.4, -0.2) is 43.4 Å². The molecule has 4 nitrogen and oxygen atoms in total. The molecule has 1 aliphatic heterocycles. The van der Waals surface area contributed by atoms with E-state index in [2.05, 4.69) is 18.9 Å². The second kappa shape index (κ2) is 18.6. The van der Waals surface area contributed by atoms with Gasteiger partial charge in [0.05, 0.1) is 12.2 Å². The SMILES string of the molecule is CCCCCCCCCCCCCCCCCOC(=O)c1c(C)ccc(C)c1C(=O)C1CCN(C)CC1. The van der Waals surface area contributed by atoms with Gasteiger partial charge in [-0.15, -0.1) is 0 Å².